The molecule has 0 heterocycles. The number of carbonyl (C=O) groups excluding carboxylic acids is 1. The zero-order chi connectivity index (χ0) is 16.9. The van der Waals surface area contributed by atoms with Gasteiger partial charge in [0.2, 0.25) is 0 Å². The third-order valence-electron chi connectivity index (χ3n) is 3.60. The van der Waals surface area contributed by atoms with Crippen molar-refractivity contribution < 1.29 is 9.90 Å². The topological polar surface area (TPSA) is 61.7 Å². The molecule has 0 atom stereocenters. The van der Waals surface area contributed by atoms with Crippen LogP contribution in [0.4, 0.5) is 0 Å². The monoisotopic (exact) mass is 336 g/mol. The van der Waals surface area contributed by atoms with Crippen LogP contribution in [-0.4, -0.2) is 23.5 Å². The molecular formula is C19H16N2O2S. The van der Waals surface area contributed by atoms with Gasteiger partial charge < -0.3 is 5.11 Å². The Balaban J connectivity index is 1.74. The first-order valence-corrected chi connectivity index (χ1v) is 8.59. The van der Waals surface area contributed by atoms with Gasteiger partial charge in [0.1, 0.15) is 5.75 Å². The summed E-state index contributed by atoms with van der Waals surface area (Å²) in [7, 11) is 0. The summed E-state index contributed by atoms with van der Waals surface area (Å²) in [6, 6.07) is 18.6. The van der Waals surface area contributed by atoms with Crippen LogP contribution < -0.4 is 5.43 Å². The largest absolute Gasteiger partial charge is 0.507 e. The van der Waals surface area contributed by atoms with Gasteiger partial charge in [-0.05, 0) is 46.9 Å². The number of hydrogen-bond donors (Lipinski definition) is 2. The number of carbonyl (C=O) groups is 1. The lowest BCUT2D eigenvalue weighted by Crippen LogP contribution is -2.17. The van der Waals surface area contributed by atoms with Crippen LogP contribution in [0, 0.1) is 0 Å². The van der Waals surface area contributed by atoms with Crippen LogP contribution in [0.15, 0.2) is 70.7 Å². The van der Waals surface area contributed by atoms with E-state index in [1.54, 1.807) is 30.1 Å². The zero-order valence-corrected chi connectivity index (χ0v) is 13.9. The quantitative estimate of drug-likeness (QED) is 0.429. The first-order chi connectivity index (χ1) is 11.7. The molecule has 5 heteroatoms. The smallest absolute Gasteiger partial charge is 0.275 e. The number of fused-ring (bicyclic) bond motifs is 1. The number of rotatable bonds is 4. The van der Waals surface area contributed by atoms with E-state index >= 15 is 0 Å². The number of thioether (sulfide) groups is 1. The molecule has 0 fully saturated rings. The van der Waals surface area contributed by atoms with Crippen molar-refractivity contribution in [2.45, 2.75) is 4.90 Å². The van der Waals surface area contributed by atoms with E-state index in [1.807, 2.05) is 54.8 Å². The molecule has 120 valence electrons. The van der Waals surface area contributed by atoms with Crippen molar-refractivity contribution in [2.24, 2.45) is 5.10 Å². The first-order valence-electron chi connectivity index (χ1n) is 7.36. The summed E-state index contributed by atoms with van der Waals surface area (Å²) in [6.45, 7) is 0. The Hall–Kier alpha value is -2.79. The van der Waals surface area contributed by atoms with E-state index in [9.17, 15) is 9.90 Å². The minimum atomic E-state index is -0.449. The molecule has 0 spiro atoms. The highest BCUT2D eigenvalue weighted by atomic mass is 32.2. The molecule has 0 aromatic heterocycles. The normalized spacial score (nSPS) is 11.0. The lowest BCUT2D eigenvalue weighted by atomic mass is 10.1. The second-order valence-corrected chi connectivity index (χ2v) is 6.07. The maximum atomic E-state index is 12.2. The van der Waals surface area contributed by atoms with Crippen molar-refractivity contribution in [3.05, 3.63) is 71.8 Å². The zero-order valence-electron chi connectivity index (χ0n) is 13.1. The molecule has 3 aromatic rings. The average molecular weight is 336 g/mol. The number of nitrogens with one attached hydrogen (secondary N) is 1. The molecule has 0 bridgehead atoms. The standard InChI is InChI=1S/C19H16N2O2S/c1-24-16-8-6-13(7-9-16)12-20-21-19(23)17-10-14-4-2-3-5-15(14)11-18(17)22/h2-12,22H,1H3,(H,21,23). The second-order valence-electron chi connectivity index (χ2n) is 5.19. The average Bonchev–Trinajstić information content (AvgIpc) is 2.61. The summed E-state index contributed by atoms with van der Waals surface area (Å²) < 4.78 is 0. The number of nitrogens with zero attached hydrogens (tertiary/aromatic N) is 1. The molecule has 3 rings (SSSR count). The van der Waals surface area contributed by atoms with Crippen LogP contribution >= 0.6 is 11.8 Å². The number of phenols is 1. The minimum absolute atomic E-state index is 0.0641. The molecular weight excluding hydrogens is 320 g/mol. The van der Waals surface area contributed by atoms with Crippen LogP contribution in [0.1, 0.15) is 15.9 Å². The Morgan fingerprint density at radius 1 is 1.08 bits per heavy atom. The lowest BCUT2D eigenvalue weighted by molar-refractivity contribution is 0.0952. The molecule has 0 aliphatic rings. The van der Waals surface area contributed by atoms with E-state index in [0.717, 1.165) is 21.2 Å². The summed E-state index contributed by atoms with van der Waals surface area (Å²) in [6.07, 6.45) is 3.58. The van der Waals surface area contributed by atoms with Gasteiger partial charge in [-0.15, -0.1) is 11.8 Å². The van der Waals surface area contributed by atoms with Crippen molar-refractivity contribution >= 4 is 34.7 Å². The van der Waals surface area contributed by atoms with E-state index < -0.39 is 5.91 Å². The molecule has 0 aliphatic carbocycles. The third kappa shape index (κ3) is 3.58. The van der Waals surface area contributed by atoms with Gasteiger partial charge >= 0.3 is 0 Å². The Kier molecular flexibility index (Phi) is 4.82. The third-order valence-corrected chi connectivity index (χ3v) is 4.35. The molecule has 24 heavy (non-hydrogen) atoms. The molecule has 0 saturated carbocycles. The van der Waals surface area contributed by atoms with E-state index in [2.05, 4.69) is 10.5 Å². The number of benzene rings is 3. The van der Waals surface area contributed by atoms with Crippen LogP contribution in [0.25, 0.3) is 10.8 Å². The molecule has 1 amide bonds. The molecule has 0 saturated heterocycles. The molecule has 2 N–H and O–H groups in total. The fourth-order valence-electron chi connectivity index (χ4n) is 2.33. The van der Waals surface area contributed by atoms with Gasteiger partial charge in [0, 0.05) is 4.90 Å². The molecule has 0 aliphatic heterocycles. The van der Waals surface area contributed by atoms with Crippen molar-refractivity contribution in [3.63, 3.8) is 0 Å². The lowest BCUT2D eigenvalue weighted by Gasteiger charge is -2.05. The minimum Gasteiger partial charge on any atom is -0.507 e. The number of aromatic hydroxyl groups is 1. The van der Waals surface area contributed by atoms with Crippen molar-refractivity contribution in [1.29, 1.82) is 0 Å². The van der Waals surface area contributed by atoms with Gasteiger partial charge in [-0.25, -0.2) is 5.43 Å². The summed E-state index contributed by atoms with van der Waals surface area (Å²) in [5, 5.41) is 15.8. The number of phenolic OH excluding ortho intramolecular Hbond substituents is 1. The van der Waals surface area contributed by atoms with Crippen molar-refractivity contribution in [3.8, 4) is 5.75 Å². The summed E-state index contributed by atoms with van der Waals surface area (Å²) in [5.41, 5.74) is 3.53. The van der Waals surface area contributed by atoms with Gasteiger partial charge in [-0.2, -0.15) is 5.10 Å². The van der Waals surface area contributed by atoms with E-state index in [-0.39, 0.29) is 11.3 Å². The van der Waals surface area contributed by atoms with E-state index in [4.69, 9.17) is 0 Å². The van der Waals surface area contributed by atoms with Gasteiger partial charge in [0.05, 0.1) is 11.8 Å². The van der Waals surface area contributed by atoms with Gasteiger partial charge in [0.15, 0.2) is 0 Å². The van der Waals surface area contributed by atoms with Crippen LogP contribution in [0.3, 0.4) is 0 Å². The highest BCUT2D eigenvalue weighted by Gasteiger charge is 2.11. The number of hydrazone groups is 1. The van der Waals surface area contributed by atoms with E-state index in [0.29, 0.717) is 0 Å². The fraction of sp³-hybridized carbons (Fsp3) is 0.0526. The van der Waals surface area contributed by atoms with Crippen LogP contribution in [-0.2, 0) is 0 Å². The first kappa shape index (κ1) is 16.1. The highest BCUT2D eigenvalue weighted by molar-refractivity contribution is 7.98. The van der Waals surface area contributed by atoms with Gasteiger partial charge in [0.25, 0.3) is 5.91 Å². The number of hydrogen-bond acceptors (Lipinski definition) is 4. The maximum absolute atomic E-state index is 12.2. The Morgan fingerprint density at radius 3 is 2.42 bits per heavy atom. The molecule has 4 nitrogen and oxygen atoms in total. The summed E-state index contributed by atoms with van der Waals surface area (Å²) >= 11 is 1.66. The Bertz CT molecular complexity index is 905. The Morgan fingerprint density at radius 2 is 1.75 bits per heavy atom. The number of amides is 1. The molecule has 0 unspecified atom stereocenters. The van der Waals surface area contributed by atoms with Crippen molar-refractivity contribution in [1.82, 2.24) is 5.43 Å². The van der Waals surface area contributed by atoms with Gasteiger partial charge in [-0.3, -0.25) is 4.79 Å². The fourth-order valence-corrected chi connectivity index (χ4v) is 2.73. The molecule has 3 aromatic carbocycles. The summed E-state index contributed by atoms with van der Waals surface area (Å²) in [5.74, 6) is -0.513. The van der Waals surface area contributed by atoms with Crippen LogP contribution in [0.2, 0.25) is 0 Å². The highest BCUT2D eigenvalue weighted by Crippen LogP contribution is 2.24. The second kappa shape index (κ2) is 7.19. The van der Waals surface area contributed by atoms with E-state index in [1.165, 1.54) is 0 Å². The van der Waals surface area contributed by atoms with Gasteiger partial charge in [-0.1, -0.05) is 36.4 Å². The Labute approximate surface area is 144 Å². The predicted octanol–water partition coefficient (Wildman–Crippen LogP) is 4.03. The predicted molar refractivity (Wildman–Crippen MR) is 98.9 cm³/mol. The summed E-state index contributed by atoms with van der Waals surface area (Å²) in [4.78, 5) is 13.4. The van der Waals surface area contributed by atoms with Crippen molar-refractivity contribution in [2.75, 3.05) is 6.26 Å². The SMILES string of the molecule is CSc1ccc(C=NNC(=O)c2cc3ccccc3cc2O)cc1. The van der Waals surface area contributed by atoms with Crippen LogP contribution in [0.5, 0.6) is 5.75 Å². The maximum Gasteiger partial charge on any atom is 0.275 e. The molecule has 0 radical (unpaired) electrons.